The van der Waals surface area contributed by atoms with Crippen molar-refractivity contribution in [2.24, 2.45) is 5.41 Å². The lowest BCUT2D eigenvalue weighted by Gasteiger charge is -2.41. The molecular formula is C16H24N2O. The van der Waals surface area contributed by atoms with Gasteiger partial charge in [0.05, 0.1) is 7.11 Å². The van der Waals surface area contributed by atoms with Crippen LogP contribution in [0, 0.1) is 5.41 Å². The Morgan fingerprint density at radius 2 is 2.11 bits per heavy atom. The number of likely N-dealkylation sites (tertiary alicyclic amines) is 1. The van der Waals surface area contributed by atoms with Gasteiger partial charge in [0.15, 0.2) is 0 Å². The van der Waals surface area contributed by atoms with Crippen LogP contribution in [0.4, 0.5) is 0 Å². The van der Waals surface area contributed by atoms with Gasteiger partial charge in [-0.25, -0.2) is 0 Å². The van der Waals surface area contributed by atoms with Gasteiger partial charge in [0.2, 0.25) is 0 Å². The molecule has 0 amide bonds. The SMILES string of the molecule is COc1cccc(C2CNCC23CCN(C)CC3)c1. The highest BCUT2D eigenvalue weighted by molar-refractivity contribution is 5.33. The Morgan fingerprint density at radius 3 is 2.84 bits per heavy atom. The molecule has 0 aromatic heterocycles. The van der Waals surface area contributed by atoms with E-state index in [0.29, 0.717) is 11.3 Å². The average molecular weight is 260 g/mol. The molecule has 1 unspecified atom stereocenters. The van der Waals surface area contributed by atoms with Gasteiger partial charge >= 0.3 is 0 Å². The number of methoxy groups -OCH3 is 1. The number of rotatable bonds is 2. The van der Waals surface area contributed by atoms with Gasteiger partial charge in [-0.15, -0.1) is 0 Å². The number of hydrogen-bond acceptors (Lipinski definition) is 3. The predicted octanol–water partition coefficient (Wildman–Crippen LogP) is 2.09. The summed E-state index contributed by atoms with van der Waals surface area (Å²) in [7, 11) is 3.98. The fraction of sp³-hybridized carbons (Fsp3) is 0.625. The molecule has 19 heavy (non-hydrogen) atoms. The summed E-state index contributed by atoms with van der Waals surface area (Å²) >= 11 is 0. The second-order valence-electron chi connectivity index (χ2n) is 6.13. The summed E-state index contributed by atoms with van der Waals surface area (Å²) in [6.07, 6.45) is 2.61. The Kier molecular flexibility index (Phi) is 3.50. The number of ether oxygens (including phenoxy) is 1. The van der Waals surface area contributed by atoms with Crippen molar-refractivity contribution in [1.29, 1.82) is 0 Å². The van der Waals surface area contributed by atoms with Crippen LogP contribution in [0.3, 0.4) is 0 Å². The largest absolute Gasteiger partial charge is 0.497 e. The maximum atomic E-state index is 5.38. The summed E-state index contributed by atoms with van der Waals surface area (Å²) in [5, 5.41) is 3.62. The van der Waals surface area contributed by atoms with Crippen LogP contribution in [0.15, 0.2) is 24.3 Å². The summed E-state index contributed by atoms with van der Waals surface area (Å²) < 4.78 is 5.38. The molecule has 1 aromatic rings. The molecule has 3 heteroatoms. The molecule has 0 bridgehead atoms. The third kappa shape index (κ3) is 2.37. The van der Waals surface area contributed by atoms with Crippen LogP contribution >= 0.6 is 0 Å². The van der Waals surface area contributed by atoms with Crippen molar-refractivity contribution in [2.45, 2.75) is 18.8 Å². The number of benzene rings is 1. The lowest BCUT2D eigenvalue weighted by Crippen LogP contribution is -2.41. The predicted molar refractivity (Wildman–Crippen MR) is 77.8 cm³/mol. The van der Waals surface area contributed by atoms with Gasteiger partial charge in [-0.05, 0) is 56.1 Å². The third-order valence-corrected chi connectivity index (χ3v) is 5.04. The van der Waals surface area contributed by atoms with Gasteiger partial charge in [-0.1, -0.05) is 12.1 Å². The van der Waals surface area contributed by atoms with Crippen molar-refractivity contribution in [3.05, 3.63) is 29.8 Å². The molecule has 3 nitrogen and oxygen atoms in total. The van der Waals surface area contributed by atoms with Gasteiger partial charge in [0.25, 0.3) is 0 Å². The first-order valence-electron chi connectivity index (χ1n) is 7.27. The van der Waals surface area contributed by atoms with E-state index >= 15 is 0 Å². The molecule has 2 aliphatic heterocycles. The van der Waals surface area contributed by atoms with Crippen LogP contribution in [0.25, 0.3) is 0 Å². The number of hydrogen-bond donors (Lipinski definition) is 1. The van der Waals surface area contributed by atoms with Crippen molar-refractivity contribution >= 4 is 0 Å². The van der Waals surface area contributed by atoms with Crippen LogP contribution in [-0.2, 0) is 0 Å². The van der Waals surface area contributed by atoms with E-state index in [2.05, 4.69) is 35.5 Å². The second kappa shape index (κ2) is 5.14. The molecule has 1 N–H and O–H groups in total. The highest BCUT2D eigenvalue weighted by atomic mass is 16.5. The molecule has 3 rings (SSSR count). The molecule has 0 radical (unpaired) electrons. The Labute approximate surface area is 115 Å². The summed E-state index contributed by atoms with van der Waals surface area (Å²) in [6.45, 7) is 4.73. The lowest BCUT2D eigenvalue weighted by atomic mass is 9.68. The number of nitrogens with one attached hydrogen (secondary N) is 1. The van der Waals surface area contributed by atoms with E-state index in [-0.39, 0.29) is 0 Å². The van der Waals surface area contributed by atoms with Crippen molar-refractivity contribution in [3.8, 4) is 5.75 Å². The van der Waals surface area contributed by atoms with Crippen LogP contribution in [0.5, 0.6) is 5.75 Å². The van der Waals surface area contributed by atoms with Gasteiger partial charge in [0, 0.05) is 19.0 Å². The zero-order valence-electron chi connectivity index (χ0n) is 12.0. The van der Waals surface area contributed by atoms with Gasteiger partial charge in [-0.3, -0.25) is 0 Å². The first-order chi connectivity index (χ1) is 9.23. The first kappa shape index (κ1) is 12.9. The standard InChI is InChI=1S/C16H24N2O/c1-18-8-6-16(7-9-18)12-17-11-15(16)13-4-3-5-14(10-13)19-2/h3-5,10,15,17H,6-9,11-12H2,1-2H3. The van der Waals surface area contributed by atoms with Crippen LogP contribution in [0.2, 0.25) is 0 Å². The fourth-order valence-corrected chi connectivity index (χ4v) is 3.72. The fourth-order valence-electron chi connectivity index (χ4n) is 3.72. The maximum Gasteiger partial charge on any atom is 0.119 e. The molecule has 2 saturated heterocycles. The highest BCUT2D eigenvalue weighted by Gasteiger charge is 2.44. The molecular weight excluding hydrogens is 236 g/mol. The first-order valence-corrected chi connectivity index (χ1v) is 7.27. The molecule has 1 atom stereocenters. The van der Waals surface area contributed by atoms with E-state index in [1.165, 1.54) is 38.0 Å². The topological polar surface area (TPSA) is 24.5 Å². The van der Waals surface area contributed by atoms with Crippen molar-refractivity contribution < 1.29 is 4.74 Å². The van der Waals surface area contributed by atoms with Gasteiger partial charge < -0.3 is 15.0 Å². The Morgan fingerprint density at radius 1 is 1.32 bits per heavy atom. The van der Waals surface area contributed by atoms with Gasteiger partial charge in [0.1, 0.15) is 5.75 Å². The van der Waals surface area contributed by atoms with Crippen LogP contribution < -0.4 is 10.1 Å². The summed E-state index contributed by atoms with van der Waals surface area (Å²) in [4.78, 5) is 2.45. The molecule has 0 aliphatic carbocycles. The number of piperidine rings is 1. The summed E-state index contributed by atoms with van der Waals surface area (Å²) in [6, 6.07) is 8.64. The Balaban J connectivity index is 1.86. The third-order valence-electron chi connectivity index (χ3n) is 5.04. The minimum Gasteiger partial charge on any atom is -0.497 e. The minimum absolute atomic E-state index is 0.457. The molecule has 1 aromatic carbocycles. The minimum atomic E-state index is 0.457. The molecule has 104 valence electrons. The molecule has 2 fully saturated rings. The second-order valence-corrected chi connectivity index (χ2v) is 6.13. The van der Waals surface area contributed by atoms with Gasteiger partial charge in [-0.2, -0.15) is 0 Å². The van der Waals surface area contributed by atoms with Crippen molar-refractivity contribution in [3.63, 3.8) is 0 Å². The Hall–Kier alpha value is -1.06. The Bertz CT molecular complexity index is 438. The van der Waals surface area contributed by atoms with E-state index in [1.807, 2.05) is 6.07 Å². The quantitative estimate of drug-likeness (QED) is 0.881. The van der Waals surface area contributed by atoms with E-state index in [1.54, 1.807) is 7.11 Å². The average Bonchev–Trinajstić information content (AvgIpc) is 2.86. The summed E-state index contributed by atoms with van der Waals surface area (Å²) in [5.41, 5.74) is 1.90. The molecule has 1 spiro atoms. The van der Waals surface area contributed by atoms with E-state index in [0.717, 1.165) is 12.3 Å². The van der Waals surface area contributed by atoms with E-state index in [4.69, 9.17) is 4.74 Å². The highest BCUT2D eigenvalue weighted by Crippen LogP contribution is 2.47. The number of nitrogens with zero attached hydrogens (tertiary/aromatic N) is 1. The molecule has 2 heterocycles. The van der Waals surface area contributed by atoms with Crippen LogP contribution in [-0.4, -0.2) is 45.2 Å². The van der Waals surface area contributed by atoms with E-state index in [9.17, 15) is 0 Å². The normalized spacial score (nSPS) is 26.7. The monoisotopic (exact) mass is 260 g/mol. The molecule has 2 aliphatic rings. The lowest BCUT2D eigenvalue weighted by molar-refractivity contribution is 0.124. The zero-order chi connectivity index (χ0) is 13.3. The maximum absolute atomic E-state index is 5.38. The zero-order valence-corrected chi connectivity index (χ0v) is 12.0. The van der Waals surface area contributed by atoms with Crippen LogP contribution in [0.1, 0.15) is 24.3 Å². The molecule has 0 saturated carbocycles. The van der Waals surface area contributed by atoms with E-state index < -0.39 is 0 Å². The van der Waals surface area contributed by atoms with Crippen molar-refractivity contribution in [1.82, 2.24) is 10.2 Å². The smallest absolute Gasteiger partial charge is 0.119 e. The van der Waals surface area contributed by atoms with Crippen molar-refractivity contribution in [2.75, 3.05) is 40.3 Å². The summed E-state index contributed by atoms with van der Waals surface area (Å²) in [5.74, 6) is 1.61.